The van der Waals surface area contributed by atoms with E-state index >= 15 is 0 Å². The van der Waals surface area contributed by atoms with Crippen molar-refractivity contribution >= 4 is 29.5 Å². The molecule has 0 bridgehead atoms. The fourth-order valence-corrected chi connectivity index (χ4v) is 8.21. The molecule has 35 heavy (non-hydrogen) atoms. The van der Waals surface area contributed by atoms with Gasteiger partial charge >= 0.3 is 0 Å². The van der Waals surface area contributed by atoms with Gasteiger partial charge in [-0.15, -0.1) is 11.8 Å². The summed E-state index contributed by atoms with van der Waals surface area (Å²) in [5, 5.41) is 9.30. The number of nitrogens with zero attached hydrogens (tertiary/aromatic N) is 1. The van der Waals surface area contributed by atoms with E-state index in [0.717, 1.165) is 57.1 Å². The van der Waals surface area contributed by atoms with Crippen LogP contribution in [0.15, 0.2) is 24.3 Å². The van der Waals surface area contributed by atoms with Gasteiger partial charge in [-0.25, -0.2) is 0 Å². The van der Waals surface area contributed by atoms with E-state index in [2.05, 4.69) is 34.1 Å². The molecule has 7 nitrogen and oxygen atoms in total. The molecule has 2 aliphatic heterocycles. The minimum absolute atomic E-state index is 0.00128. The average Bonchev–Trinajstić information content (AvgIpc) is 3.43. The molecule has 2 heterocycles. The molecule has 190 valence electrons. The summed E-state index contributed by atoms with van der Waals surface area (Å²) in [5.41, 5.74) is 2.37. The monoisotopic (exact) mass is 498 g/mol. The summed E-state index contributed by atoms with van der Waals surface area (Å²) in [6.45, 7) is 1.79. The Morgan fingerprint density at radius 3 is 2.63 bits per heavy atom. The zero-order chi connectivity index (χ0) is 24.6. The summed E-state index contributed by atoms with van der Waals surface area (Å²) in [7, 11) is 1.74. The second kappa shape index (κ2) is 10.1. The van der Waals surface area contributed by atoms with Crippen molar-refractivity contribution in [2.24, 2.45) is 5.41 Å². The third-order valence-electron chi connectivity index (χ3n) is 8.70. The second-order valence-corrected chi connectivity index (χ2v) is 12.0. The third-order valence-corrected chi connectivity index (χ3v) is 9.95. The van der Waals surface area contributed by atoms with E-state index in [0.29, 0.717) is 6.42 Å². The number of hydrogen-bond donors (Lipinski definition) is 3. The molecule has 3 N–H and O–H groups in total. The highest BCUT2D eigenvalue weighted by molar-refractivity contribution is 7.99. The van der Waals surface area contributed by atoms with Crippen LogP contribution in [-0.4, -0.2) is 58.9 Å². The number of fused-ring (bicyclic) bond motifs is 2. The van der Waals surface area contributed by atoms with Crippen LogP contribution >= 0.6 is 11.8 Å². The van der Waals surface area contributed by atoms with Crippen LogP contribution in [0.3, 0.4) is 0 Å². The quantitative estimate of drug-likeness (QED) is 0.581. The Labute approximate surface area is 212 Å². The summed E-state index contributed by atoms with van der Waals surface area (Å²) < 4.78 is 0. The molecule has 2 aliphatic carbocycles. The van der Waals surface area contributed by atoms with Crippen molar-refractivity contribution in [1.29, 1.82) is 0 Å². The lowest BCUT2D eigenvalue weighted by Gasteiger charge is -2.37. The van der Waals surface area contributed by atoms with Gasteiger partial charge in [-0.2, -0.15) is 0 Å². The number of amides is 3. The van der Waals surface area contributed by atoms with Crippen molar-refractivity contribution < 1.29 is 14.4 Å². The zero-order valence-corrected chi connectivity index (χ0v) is 21.7. The lowest BCUT2D eigenvalue weighted by Crippen LogP contribution is -2.58. The van der Waals surface area contributed by atoms with Gasteiger partial charge < -0.3 is 20.9 Å². The van der Waals surface area contributed by atoms with Crippen LogP contribution in [0, 0.1) is 5.41 Å². The number of carbonyl (C=O) groups is 3. The van der Waals surface area contributed by atoms with E-state index in [1.54, 1.807) is 25.7 Å². The van der Waals surface area contributed by atoms with E-state index in [1.807, 2.05) is 11.0 Å². The Kier molecular flexibility index (Phi) is 7.13. The number of hydrogen-bond acceptors (Lipinski definition) is 5. The fraction of sp³-hybridized carbons (Fsp3) is 0.667. The molecule has 1 aromatic carbocycles. The van der Waals surface area contributed by atoms with Crippen LogP contribution in [-0.2, 0) is 20.8 Å². The van der Waals surface area contributed by atoms with Gasteiger partial charge in [0.15, 0.2) is 0 Å². The molecule has 2 saturated heterocycles. The zero-order valence-electron chi connectivity index (χ0n) is 20.8. The first kappa shape index (κ1) is 24.6. The predicted molar refractivity (Wildman–Crippen MR) is 138 cm³/mol. The molecule has 4 aliphatic rings. The lowest BCUT2D eigenvalue weighted by molar-refractivity contribution is -0.144. The van der Waals surface area contributed by atoms with E-state index < -0.39 is 12.1 Å². The molecular formula is C27H38N4O3S. The van der Waals surface area contributed by atoms with E-state index in [9.17, 15) is 14.4 Å². The molecule has 1 aromatic rings. The van der Waals surface area contributed by atoms with Gasteiger partial charge in [0.2, 0.25) is 17.7 Å². The largest absolute Gasteiger partial charge is 0.347 e. The normalized spacial score (nSPS) is 30.3. The summed E-state index contributed by atoms with van der Waals surface area (Å²) in [6.07, 6.45) is 8.68. The molecule has 0 aromatic heterocycles. The van der Waals surface area contributed by atoms with Gasteiger partial charge in [-0.1, -0.05) is 37.1 Å². The van der Waals surface area contributed by atoms with E-state index in [-0.39, 0.29) is 40.6 Å². The molecule has 1 saturated carbocycles. The van der Waals surface area contributed by atoms with Crippen molar-refractivity contribution in [2.45, 2.75) is 94.3 Å². The Balaban J connectivity index is 1.42. The minimum Gasteiger partial charge on any atom is -0.347 e. The summed E-state index contributed by atoms with van der Waals surface area (Å²) in [5.74, 6) is 0.515. The van der Waals surface area contributed by atoms with E-state index in [4.69, 9.17) is 0 Å². The van der Waals surface area contributed by atoms with Crippen molar-refractivity contribution in [1.82, 2.24) is 20.9 Å². The molecule has 3 amide bonds. The van der Waals surface area contributed by atoms with Crippen LogP contribution in [0.1, 0.15) is 75.5 Å². The van der Waals surface area contributed by atoms with Crippen LogP contribution in [0.2, 0.25) is 0 Å². The van der Waals surface area contributed by atoms with Crippen LogP contribution in [0.5, 0.6) is 0 Å². The van der Waals surface area contributed by atoms with Crippen molar-refractivity contribution in [2.75, 3.05) is 12.8 Å². The van der Waals surface area contributed by atoms with Gasteiger partial charge in [-0.05, 0) is 75.8 Å². The van der Waals surface area contributed by atoms with Crippen molar-refractivity contribution in [3.05, 3.63) is 35.4 Å². The number of thioether (sulfide) groups is 1. The first-order valence-electron chi connectivity index (χ1n) is 13.2. The van der Waals surface area contributed by atoms with E-state index in [1.165, 1.54) is 11.1 Å². The third kappa shape index (κ3) is 4.59. The fourth-order valence-electron chi connectivity index (χ4n) is 6.73. The highest BCUT2D eigenvalue weighted by Gasteiger charge is 2.59. The number of carbonyl (C=O) groups excluding carboxylic acids is 3. The smallest absolute Gasteiger partial charge is 0.246 e. The lowest BCUT2D eigenvalue weighted by atomic mass is 9.77. The van der Waals surface area contributed by atoms with Crippen molar-refractivity contribution in [3.63, 3.8) is 0 Å². The van der Waals surface area contributed by atoms with Crippen LogP contribution < -0.4 is 16.0 Å². The molecule has 8 heteroatoms. The molecule has 1 spiro atoms. The topological polar surface area (TPSA) is 90.5 Å². The van der Waals surface area contributed by atoms with Gasteiger partial charge in [0, 0.05) is 5.41 Å². The molecule has 0 radical (unpaired) electrons. The second-order valence-electron chi connectivity index (χ2n) is 10.8. The molecule has 3 fully saturated rings. The molecule has 5 rings (SSSR count). The maximum absolute atomic E-state index is 14.1. The summed E-state index contributed by atoms with van der Waals surface area (Å²) >= 11 is 1.78. The Hall–Kier alpha value is -2.06. The summed E-state index contributed by atoms with van der Waals surface area (Å²) in [6, 6.07) is 6.96. The van der Waals surface area contributed by atoms with Gasteiger partial charge in [0.1, 0.15) is 12.1 Å². The van der Waals surface area contributed by atoms with Crippen LogP contribution in [0.25, 0.3) is 0 Å². The molecule has 5 atom stereocenters. The average molecular weight is 499 g/mol. The Bertz CT molecular complexity index is 979. The van der Waals surface area contributed by atoms with Gasteiger partial charge in [0.25, 0.3) is 0 Å². The number of benzene rings is 1. The maximum atomic E-state index is 14.1. The predicted octanol–water partition coefficient (Wildman–Crippen LogP) is 2.90. The standard InChI is InChI=1S/C27H38N4O3S/c1-17(28-2)24(32)30-21-12-15-35-22-16-27(13-5-6-14-27)23(31(22)26(21)34)25(33)29-20-11-7-9-18-8-3-4-10-19(18)20/h3-4,8,10,17,20-23,28H,5-7,9,11-16H2,1-2H3,(H,29,33)(H,30,32)/t17-,20+,21-,22-,23+/m0/s1. The highest BCUT2D eigenvalue weighted by Crippen LogP contribution is 2.55. The Morgan fingerprint density at radius 2 is 1.86 bits per heavy atom. The number of rotatable bonds is 5. The first-order chi connectivity index (χ1) is 16.9. The molecular weight excluding hydrogens is 460 g/mol. The van der Waals surface area contributed by atoms with Crippen molar-refractivity contribution in [3.8, 4) is 0 Å². The summed E-state index contributed by atoms with van der Waals surface area (Å²) in [4.78, 5) is 42.5. The maximum Gasteiger partial charge on any atom is 0.246 e. The van der Waals surface area contributed by atoms with Gasteiger partial charge in [0.05, 0.1) is 17.5 Å². The van der Waals surface area contributed by atoms with Gasteiger partial charge in [-0.3, -0.25) is 14.4 Å². The first-order valence-corrected chi connectivity index (χ1v) is 14.3. The number of aryl methyl sites for hydroxylation is 1. The van der Waals surface area contributed by atoms with Crippen LogP contribution in [0.4, 0.5) is 0 Å². The SMILES string of the molecule is CN[C@@H](C)C(=O)N[C@H]1CCS[C@H]2CC3(CCCC3)[C@@H](C(=O)N[C@@H]3CCCc4ccccc43)N2C1=O. The highest BCUT2D eigenvalue weighted by atomic mass is 32.2. The minimum atomic E-state index is -0.585. The Morgan fingerprint density at radius 1 is 1.09 bits per heavy atom. The number of likely N-dealkylation sites (N-methyl/N-ethyl adjacent to an activating group) is 1. The molecule has 0 unspecified atom stereocenters. The number of nitrogens with one attached hydrogen (secondary N) is 3.